The van der Waals surface area contributed by atoms with Crippen LogP contribution in [0, 0.1) is 0 Å². The summed E-state index contributed by atoms with van der Waals surface area (Å²) in [5, 5.41) is 1.53. The fourth-order valence-electron chi connectivity index (χ4n) is 0.585. The first-order valence-electron chi connectivity index (χ1n) is 3.20. The molecule has 0 amide bonds. The van der Waals surface area contributed by atoms with Gasteiger partial charge in [0.1, 0.15) is 0 Å². The second-order valence-electron chi connectivity index (χ2n) is 2.13. The van der Waals surface area contributed by atoms with E-state index in [9.17, 15) is 0 Å². The van der Waals surface area contributed by atoms with Gasteiger partial charge in [0, 0.05) is 0 Å². The maximum atomic E-state index is 5.98. The fraction of sp³-hybridized carbons (Fsp3) is 0.375. The molecule has 3 heteroatoms. The molecular formula is C8H10Cl2W. The molecule has 0 saturated heterocycles. The molecule has 0 aliphatic carbocycles. The molecule has 0 aromatic rings. The summed E-state index contributed by atoms with van der Waals surface area (Å²) in [5.74, 6) is 0. The summed E-state index contributed by atoms with van der Waals surface area (Å²) in [6, 6.07) is 0. The zero-order valence-electron chi connectivity index (χ0n) is 6.74. The van der Waals surface area contributed by atoms with E-state index < -0.39 is 0 Å². The van der Waals surface area contributed by atoms with Crippen molar-refractivity contribution in [1.29, 1.82) is 0 Å². The van der Waals surface area contributed by atoms with Crippen molar-refractivity contribution in [1.82, 2.24) is 0 Å². The van der Waals surface area contributed by atoms with Gasteiger partial charge in [0.2, 0.25) is 0 Å². The van der Waals surface area contributed by atoms with Crippen LogP contribution in [0.2, 0.25) is 0 Å². The molecule has 0 aliphatic heterocycles. The van der Waals surface area contributed by atoms with Crippen molar-refractivity contribution < 1.29 is 19.4 Å². The van der Waals surface area contributed by atoms with E-state index in [1.807, 2.05) is 26.8 Å². The Hall–Kier alpha value is 0.618. The van der Waals surface area contributed by atoms with Crippen LogP contribution < -0.4 is 0 Å². The molecule has 0 rings (SSSR count). The first-order valence-corrected chi connectivity index (χ1v) is 5.42. The Labute approximate surface area is 88.7 Å². The monoisotopic (exact) mass is 360 g/mol. The molecule has 0 radical (unpaired) electrons. The SMILES string of the molecule is CC=C(Cl)/C(C)=C(/Cl)[C](C)=[W]. The Morgan fingerprint density at radius 2 is 1.73 bits per heavy atom. The van der Waals surface area contributed by atoms with Crippen molar-refractivity contribution in [2.75, 3.05) is 0 Å². The van der Waals surface area contributed by atoms with Crippen LogP contribution in [0.5, 0.6) is 0 Å². The zero-order chi connectivity index (χ0) is 9.02. The molecule has 0 bridgehead atoms. The van der Waals surface area contributed by atoms with Crippen molar-refractivity contribution in [3.8, 4) is 0 Å². The van der Waals surface area contributed by atoms with E-state index in [-0.39, 0.29) is 0 Å². The van der Waals surface area contributed by atoms with Crippen LogP contribution >= 0.6 is 23.2 Å². The number of halogens is 2. The van der Waals surface area contributed by atoms with E-state index in [1.165, 1.54) is 23.3 Å². The summed E-state index contributed by atoms with van der Waals surface area (Å²) in [7, 11) is 0. The third-order valence-electron chi connectivity index (χ3n) is 1.25. The van der Waals surface area contributed by atoms with E-state index in [0.29, 0.717) is 0 Å². The van der Waals surface area contributed by atoms with Crippen LogP contribution in [0.1, 0.15) is 20.8 Å². The van der Waals surface area contributed by atoms with Gasteiger partial charge in [-0.1, -0.05) is 0 Å². The Balaban J connectivity index is 4.81. The molecule has 0 N–H and O–H groups in total. The summed E-state index contributed by atoms with van der Waals surface area (Å²) in [6.45, 7) is 5.83. The van der Waals surface area contributed by atoms with Crippen LogP contribution in [0.4, 0.5) is 0 Å². The van der Waals surface area contributed by atoms with Crippen LogP contribution in [0.3, 0.4) is 0 Å². The molecule has 11 heavy (non-hydrogen) atoms. The van der Waals surface area contributed by atoms with Gasteiger partial charge in [0.05, 0.1) is 0 Å². The van der Waals surface area contributed by atoms with Gasteiger partial charge in [-0.25, -0.2) is 0 Å². The van der Waals surface area contributed by atoms with E-state index in [2.05, 4.69) is 0 Å². The van der Waals surface area contributed by atoms with Gasteiger partial charge >= 0.3 is 88.9 Å². The molecule has 0 heterocycles. The number of hydrogen-bond donors (Lipinski definition) is 0. The van der Waals surface area contributed by atoms with Crippen molar-refractivity contribution in [2.24, 2.45) is 0 Å². The third kappa shape index (κ3) is 3.69. The first-order chi connectivity index (χ1) is 5.00. The molecule has 62 valence electrons. The van der Waals surface area contributed by atoms with E-state index in [0.717, 1.165) is 15.6 Å². The predicted molar refractivity (Wildman–Crippen MR) is 48.8 cm³/mol. The van der Waals surface area contributed by atoms with Gasteiger partial charge in [-0.15, -0.1) is 0 Å². The molecule has 0 nitrogen and oxygen atoms in total. The van der Waals surface area contributed by atoms with Crippen molar-refractivity contribution in [3.63, 3.8) is 0 Å². The van der Waals surface area contributed by atoms with Gasteiger partial charge in [-0.05, 0) is 0 Å². The molecule has 0 unspecified atom stereocenters. The van der Waals surface area contributed by atoms with Crippen LogP contribution in [-0.2, 0) is 19.4 Å². The van der Waals surface area contributed by atoms with Crippen molar-refractivity contribution >= 4 is 27.1 Å². The van der Waals surface area contributed by atoms with Gasteiger partial charge in [0.15, 0.2) is 0 Å². The molecule has 0 aliphatic rings. The van der Waals surface area contributed by atoms with Gasteiger partial charge in [-0.3, -0.25) is 0 Å². The summed E-state index contributed by atoms with van der Waals surface area (Å²) in [6.07, 6.45) is 1.84. The molecule has 0 fully saturated rings. The van der Waals surface area contributed by atoms with Gasteiger partial charge in [0.25, 0.3) is 0 Å². The first kappa shape index (κ1) is 11.6. The standard InChI is InChI=1S/C8H10Cl2.W/c1-4-7(9)6(3)8(10)5-2;/h4H,1-3H3;/b7-4?,8-6+;. The fourth-order valence-corrected chi connectivity index (χ4v) is 1.38. The summed E-state index contributed by atoms with van der Waals surface area (Å²) < 4.78 is 1.17. The summed E-state index contributed by atoms with van der Waals surface area (Å²) in [4.78, 5) is 0. The quantitative estimate of drug-likeness (QED) is 0.662. The predicted octanol–water partition coefficient (Wildman–Crippen LogP) is 3.38. The average Bonchev–Trinajstić information content (AvgIpc) is 2.00. The Kier molecular flexibility index (Phi) is 5.59. The number of rotatable bonds is 2. The average molecular weight is 361 g/mol. The topological polar surface area (TPSA) is 0 Å². The molecule has 0 saturated carbocycles. The van der Waals surface area contributed by atoms with E-state index in [1.54, 1.807) is 0 Å². The molecule has 0 aromatic heterocycles. The summed E-state index contributed by atoms with van der Waals surface area (Å²) >= 11 is 13.2. The second-order valence-corrected chi connectivity index (χ2v) is 5.12. The normalized spacial score (nSPS) is 14.5. The molecular weight excluding hydrogens is 351 g/mol. The maximum absolute atomic E-state index is 5.98. The Morgan fingerprint density at radius 1 is 1.27 bits per heavy atom. The molecule has 0 spiro atoms. The Bertz CT molecular complexity index is 226. The summed E-state index contributed by atoms with van der Waals surface area (Å²) in [5.41, 5.74) is 0.961. The minimum absolute atomic E-state index is 0.732. The number of hydrogen-bond acceptors (Lipinski definition) is 0. The zero-order valence-corrected chi connectivity index (χ0v) is 11.2. The van der Waals surface area contributed by atoms with Crippen LogP contribution in [0.25, 0.3) is 0 Å². The van der Waals surface area contributed by atoms with E-state index >= 15 is 0 Å². The number of allylic oxidation sites excluding steroid dienone is 4. The van der Waals surface area contributed by atoms with Crippen molar-refractivity contribution in [2.45, 2.75) is 20.8 Å². The third-order valence-corrected chi connectivity index (χ3v) is 3.50. The van der Waals surface area contributed by atoms with Crippen molar-refractivity contribution in [3.05, 3.63) is 21.7 Å². The molecule has 0 atom stereocenters. The van der Waals surface area contributed by atoms with Gasteiger partial charge < -0.3 is 0 Å². The molecule has 0 aromatic carbocycles. The second kappa shape index (κ2) is 5.30. The van der Waals surface area contributed by atoms with Crippen LogP contribution in [0.15, 0.2) is 21.7 Å². The van der Waals surface area contributed by atoms with E-state index in [4.69, 9.17) is 23.2 Å². The minimum atomic E-state index is 0.732. The Morgan fingerprint density at radius 3 is 2.00 bits per heavy atom. The van der Waals surface area contributed by atoms with Gasteiger partial charge in [-0.2, -0.15) is 0 Å². The van der Waals surface area contributed by atoms with Crippen LogP contribution in [-0.4, -0.2) is 3.90 Å².